The maximum absolute atomic E-state index is 12.2. The number of unbranched alkanes of at least 4 members (excludes halogenated alkanes) is 8. The number of hydrogen-bond acceptors (Lipinski definition) is 2. The van der Waals surface area contributed by atoms with Crippen molar-refractivity contribution in [3.63, 3.8) is 0 Å². The molecule has 1 aromatic carbocycles. The Balaban J connectivity index is 1.78. The molecule has 5 heteroatoms. The average molecular weight is 459 g/mol. The Morgan fingerprint density at radius 1 is 0.875 bits per heavy atom. The van der Waals surface area contributed by atoms with Gasteiger partial charge in [-0.3, -0.25) is 9.59 Å². The van der Waals surface area contributed by atoms with Crippen LogP contribution in [-0.4, -0.2) is 18.2 Å². The Bertz CT molecular complexity index is 601. The number of anilines is 1. The number of ketones is 1. The van der Waals surface area contributed by atoms with Gasteiger partial charge >= 0.3 is 0 Å². The van der Waals surface area contributed by atoms with Crippen molar-refractivity contribution >= 4 is 49.2 Å². The molecule has 0 unspecified atom stereocenters. The molecule has 0 fully saturated rings. The van der Waals surface area contributed by atoms with Gasteiger partial charge in [0.2, 0.25) is 0 Å². The van der Waals surface area contributed by atoms with Crippen LogP contribution in [0.5, 0.6) is 0 Å². The molecule has 0 atom stereocenters. The minimum Gasteiger partial charge on any atom is -0.304 e. The Morgan fingerprint density at radius 3 is 2.08 bits per heavy atom. The van der Waals surface area contributed by atoms with Gasteiger partial charge < -0.3 is 4.90 Å². The molecule has 0 N–H and O–H groups in total. The van der Waals surface area contributed by atoms with Gasteiger partial charge in [0.1, 0.15) is 0 Å². The normalized spacial score (nSPS) is 13.7. The van der Waals surface area contributed by atoms with E-state index in [0.717, 1.165) is 27.5 Å². The Labute approximate surface area is 161 Å². The Hall–Kier alpha value is -0.680. The van der Waals surface area contributed by atoms with Crippen molar-refractivity contribution in [2.24, 2.45) is 0 Å². The zero-order chi connectivity index (χ0) is 17.5. The SMILES string of the molecule is CCCCCCCCCCCN1C(=O)C(=O)c2cc(Br)cc(Br)c21. The van der Waals surface area contributed by atoms with Gasteiger partial charge in [0.15, 0.2) is 0 Å². The molecular weight excluding hydrogens is 434 g/mol. The molecule has 132 valence electrons. The summed E-state index contributed by atoms with van der Waals surface area (Å²) >= 11 is 6.86. The zero-order valence-corrected chi connectivity index (χ0v) is 17.4. The lowest BCUT2D eigenvalue weighted by Crippen LogP contribution is -2.30. The molecule has 0 spiro atoms. The van der Waals surface area contributed by atoms with Crippen molar-refractivity contribution in [1.29, 1.82) is 0 Å². The highest BCUT2D eigenvalue weighted by molar-refractivity contribution is 9.11. The number of halogens is 2. The van der Waals surface area contributed by atoms with E-state index in [-0.39, 0.29) is 0 Å². The van der Waals surface area contributed by atoms with Crippen molar-refractivity contribution in [3.8, 4) is 0 Å². The number of amides is 1. The number of benzene rings is 1. The Morgan fingerprint density at radius 2 is 1.46 bits per heavy atom. The molecule has 0 aromatic heterocycles. The van der Waals surface area contributed by atoms with E-state index in [0.29, 0.717) is 12.1 Å². The molecule has 1 amide bonds. The van der Waals surface area contributed by atoms with E-state index in [4.69, 9.17) is 0 Å². The molecule has 2 rings (SSSR count). The molecule has 24 heavy (non-hydrogen) atoms. The number of fused-ring (bicyclic) bond motifs is 1. The molecule has 1 heterocycles. The monoisotopic (exact) mass is 457 g/mol. The molecule has 0 bridgehead atoms. The van der Waals surface area contributed by atoms with Crippen LogP contribution >= 0.6 is 31.9 Å². The maximum atomic E-state index is 12.2. The maximum Gasteiger partial charge on any atom is 0.299 e. The molecule has 0 aliphatic carbocycles. The molecule has 0 radical (unpaired) electrons. The van der Waals surface area contributed by atoms with Crippen LogP contribution < -0.4 is 4.90 Å². The first-order chi connectivity index (χ1) is 11.6. The summed E-state index contributed by atoms with van der Waals surface area (Å²) in [5.41, 5.74) is 1.23. The molecule has 0 saturated carbocycles. The van der Waals surface area contributed by atoms with Gasteiger partial charge in [0, 0.05) is 15.5 Å². The van der Waals surface area contributed by atoms with Crippen LogP contribution in [0.3, 0.4) is 0 Å². The van der Waals surface area contributed by atoms with Gasteiger partial charge in [-0.25, -0.2) is 0 Å². The quantitative estimate of drug-likeness (QED) is 0.306. The summed E-state index contributed by atoms with van der Waals surface area (Å²) in [6.07, 6.45) is 11.1. The van der Waals surface area contributed by atoms with Crippen LogP contribution in [0.2, 0.25) is 0 Å². The highest BCUT2D eigenvalue weighted by atomic mass is 79.9. The minimum atomic E-state index is -0.400. The first-order valence-corrected chi connectivity index (χ1v) is 10.5. The smallest absolute Gasteiger partial charge is 0.299 e. The van der Waals surface area contributed by atoms with Crippen molar-refractivity contribution in [2.75, 3.05) is 11.4 Å². The van der Waals surface area contributed by atoms with Gasteiger partial charge in [-0.2, -0.15) is 0 Å². The number of hydrogen-bond donors (Lipinski definition) is 0. The third-order valence-electron chi connectivity index (χ3n) is 4.47. The largest absolute Gasteiger partial charge is 0.304 e. The molecule has 1 aromatic rings. The fourth-order valence-electron chi connectivity index (χ4n) is 3.15. The summed E-state index contributed by atoms with van der Waals surface area (Å²) in [5.74, 6) is -0.800. The predicted octanol–water partition coefficient (Wildman–Crippen LogP) is 6.27. The van der Waals surface area contributed by atoms with Crippen molar-refractivity contribution in [1.82, 2.24) is 0 Å². The second kappa shape index (κ2) is 9.71. The summed E-state index contributed by atoms with van der Waals surface area (Å²) in [5, 5.41) is 0. The van der Waals surface area contributed by atoms with E-state index in [9.17, 15) is 9.59 Å². The molecular formula is C19H25Br2NO2. The lowest BCUT2D eigenvalue weighted by molar-refractivity contribution is -0.114. The number of Topliss-reactive ketones (excluding diaryl/α,β-unsaturated/α-hetero) is 1. The number of carbonyl (C=O) groups excluding carboxylic acids is 2. The van der Waals surface area contributed by atoms with Crippen LogP contribution in [0, 0.1) is 0 Å². The zero-order valence-electron chi connectivity index (χ0n) is 14.2. The fourth-order valence-corrected chi connectivity index (χ4v) is 4.59. The molecule has 3 nitrogen and oxygen atoms in total. The lowest BCUT2D eigenvalue weighted by Gasteiger charge is -2.17. The lowest BCUT2D eigenvalue weighted by atomic mass is 10.1. The standard InChI is InChI=1S/C19H25Br2NO2/c1-2-3-4-5-6-7-8-9-10-11-22-17-15(18(23)19(22)24)12-14(20)13-16(17)21/h12-13H,2-11H2,1H3. The van der Waals surface area contributed by atoms with Crippen molar-refractivity contribution in [2.45, 2.75) is 64.7 Å². The van der Waals surface area contributed by atoms with E-state index in [1.54, 1.807) is 11.0 Å². The van der Waals surface area contributed by atoms with E-state index in [1.807, 2.05) is 6.07 Å². The summed E-state index contributed by atoms with van der Waals surface area (Å²) in [7, 11) is 0. The van der Waals surface area contributed by atoms with Crippen LogP contribution in [-0.2, 0) is 4.79 Å². The van der Waals surface area contributed by atoms with E-state index >= 15 is 0 Å². The minimum absolute atomic E-state index is 0.400. The number of nitrogens with zero attached hydrogens (tertiary/aromatic N) is 1. The summed E-state index contributed by atoms with van der Waals surface area (Å²) in [6.45, 7) is 2.85. The summed E-state index contributed by atoms with van der Waals surface area (Å²) in [4.78, 5) is 26.0. The van der Waals surface area contributed by atoms with Gasteiger partial charge in [0.25, 0.3) is 11.7 Å². The summed E-state index contributed by atoms with van der Waals surface area (Å²) in [6, 6.07) is 3.62. The third-order valence-corrected chi connectivity index (χ3v) is 5.53. The number of rotatable bonds is 10. The average Bonchev–Trinajstić information content (AvgIpc) is 2.78. The van der Waals surface area contributed by atoms with E-state index in [2.05, 4.69) is 38.8 Å². The summed E-state index contributed by atoms with van der Waals surface area (Å²) < 4.78 is 1.60. The highest BCUT2D eigenvalue weighted by Crippen LogP contribution is 2.38. The first-order valence-electron chi connectivity index (χ1n) is 8.91. The predicted molar refractivity (Wildman–Crippen MR) is 106 cm³/mol. The highest BCUT2D eigenvalue weighted by Gasteiger charge is 2.37. The van der Waals surface area contributed by atoms with Gasteiger partial charge in [0.05, 0.1) is 11.3 Å². The number of carbonyl (C=O) groups is 2. The Kier molecular flexibility index (Phi) is 7.95. The van der Waals surface area contributed by atoms with Crippen molar-refractivity contribution < 1.29 is 9.59 Å². The van der Waals surface area contributed by atoms with E-state index < -0.39 is 11.7 Å². The second-order valence-electron chi connectivity index (χ2n) is 6.40. The van der Waals surface area contributed by atoms with Crippen LogP contribution in [0.1, 0.15) is 75.1 Å². The van der Waals surface area contributed by atoms with Gasteiger partial charge in [-0.15, -0.1) is 0 Å². The van der Waals surface area contributed by atoms with Gasteiger partial charge in [-0.05, 0) is 34.5 Å². The van der Waals surface area contributed by atoms with Crippen LogP contribution in [0.4, 0.5) is 5.69 Å². The molecule has 1 aliphatic heterocycles. The van der Waals surface area contributed by atoms with E-state index in [1.165, 1.54) is 44.9 Å². The van der Waals surface area contributed by atoms with Crippen LogP contribution in [0.25, 0.3) is 0 Å². The van der Waals surface area contributed by atoms with Gasteiger partial charge in [-0.1, -0.05) is 74.2 Å². The second-order valence-corrected chi connectivity index (χ2v) is 8.17. The first kappa shape index (κ1) is 19.6. The van der Waals surface area contributed by atoms with Crippen molar-refractivity contribution in [3.05, 3.63) is 26.6 Å². The molecule has 1 aliphatic rings. The topological polar surface area (TPSA) is 37.4 Å². The molecule has 0 saturated heterocycles. The third kappa shape index (κ3) is 4.92. The van der Waals surface area contributed by atoms with Crippen LogP contribution in [0.15, 0.2) is 21.1 Å². The fraction of sp³-hybridized carbons (Fsp3) is 0.579.